The molecule has 0 fully saturated rings. The Labute approximate surface area is 157 Å². The number of rotatable bonds is 4. The van der Waals surface area contributed by atoms with Crippen molar-refractivity contribution in [3.05, 3.63) is 72.3 Å². The average molecular weight is 376 g/mol. The molecule has 0 saturated carbocycles. The molecule has 0 saturated heterocycles. The second-order valence-electron chi connectivity index (χ2n) is 6.06. The Kier molecular flexibility index (Phi) is 4.09. The number of benzene rings is 3. The third kappa shape index (κ3) is 2.73. The molecule has 6 heteroatoms. The summed E-state index contributed by atoms with van der Waals surface area (Å²) in [6.45, 7) is 2.01. The number of fused-ring (bicyclic) bond motifs is 3. The minimum absolute atomic E-state index is 0.00602. The van der Waals surface area contributed by atoms with Gasteiger partial charge in [0.2, 0.25) is 0 Å². The van der Waals surface area contributed by atoms with Gasteiger partial charge in [-0.3, -0.25) is 4.31 Å². The summed E-state index contributed by atoms with van der Waals surface area (Å²) < 4.78 is 33.6. The highest BCUT2D eigenvalue weighted by molar-refractivity contribution is 7.92. The van der Waals surface area contributed by atoms with E-state index in [4.69, 9.17) is 4.42 Å². The number of furan rings is 1. The summed E-state index contributed by atoms with van der Waals surface area (Å²) in [5.74, 6) is 0. The number of hydrogen-bond donors (Lipinski definition) is 0. The molecule has 1 aromatic heterocycles. The zero-order valence-corrected chi connectivity index (χ0v) is 15.4. The summed E-state index contributed by atoms with van der Waals surface area (Å²) in [5.41, 5.74) is 2.12. The van der Waals surface area contributed by atoms with Gasteiger partial charge in [-0.15, -0.1) is 0 Å². The van der Waals surface area contributed by atoms with Crippen molar-refractivity contribution in [1.29, 1.82) is 5.26 Å². The molecule has 134 valence electrons. The zero-order valence-electron chi connectivity index (χ0n) is 14.6. The molecule has 0 aliphatic heterocycles. The quantitative estimate of drug-likeness (QED) is 0.519. The third-order valence-electron chi connectivity index (χ3n) is 4.51. The monoisotopic (exact) mass is 376 g/mol. The van der Waals surface area contributed by atoms with Crippen LogP contribution in [0.15, 0.2) is 76.0 Å². The van der Waals surface area contributed by atoms with Gasteiger partial charge in [0.25, 0.3) is 10.0 Å². The van der Waals surface area contributed by atoms with E-state index in [9.17, 15) is 13.7 Å². The Bertz CT molecular complexity index is 1300. The highest BCUT2D eigenvalue weighted by atomic mass is 32.2. The van der Waals surface area contributed by atoms with Crippen molar-refractivity contribution in [3.63, 3.8) is 0 Å². The fourth-order valence-electron chi connectivity index (χ4n) is 3.26. The van der Waals surface area contributed by atoms with E-state index in [-0.39, 0.29) is 17.0 Å². The van der Waals surface area contributed by atoms with E-state index in [1.807, 2.05) is 36.4 Å². The van der Waals surface area contributed by atoms with Gasteiger partial charge in [0, 0.05) is 17.3 Å². The van der Waals surface area contributed by atoms with Crippen molar-refractivity contribution in [2.75, 3.05) is 10.8 Å². The van der Waals surface area contributed by atoms with Crippen LogP contribution in [0.2, 0.25) is 0 Å². The molecule has 5 nitrogen and oxygen atoms in total. The van der Waals surface area contributed by atoms with Crippen LogP contribution in [0.25, 0.3) is 21.9 Å². The van der Waals surface area contributed by atoms with Crippen LogP contribution in [-0.2, 0) is 10.0 Å². The molecular weight excluding hydrogens is 360 g/mol. The lowest BCUT2D eigenvalue weighted by Gasteiger charge is -2.23. The summed E-state index contributed by atoms with van der Waals surface area (Å²) in [5, 5.41) is 11.1. The van der Waals surface area contributed by atoms with Gasteiger partial charge >= 0.3 is 0 Å². The fourth-order valence-corrected chi connectivity index (χ4v) is 4.87. The first kappa shape index (κ1) is 17.1. The Morgan fingerprint density at radius 1 is 0.963 bits per heavy atom. The molecule has 0 unspecified atom stereocenters. The largest absolute Gasteiger partial charge is 0.456 e. The van der Waals surface area contributed by atoms with E-state index in [1.54, 1.807) is 31.2 Å². The van der Waals surface area contributed by atoms with Crippen molar-refractivity contribution in [3.8, 4) is 6.07 Å². The molecule has 0 spiro atoms. The molecule has 27 heavy (non-hydrogen) atoms. The first-order chi connectivity index (χ1) is 13.1. The van der Waals surface area contributed by atoms with Crippen molar-refractivity contribution in [2.45, 2.75) is 11.8 Å². The van der Waals surface area contributed by atoms with Crippen LogP contribution in [0.1, 0.15) is 12.5 Å². The van der Waals surface area contributed by atoms with E-state index in [0.29, 0.717) is 11.3 Å². The van der Waals surface area contributed by atoms with Gasteiger partial charge < -0.3 is 4.42 Å². The maximum atomic E-state index is 13.2. The molecular formula is C21H16N2O3S. The fraction of sp³-hybridized carbons (Fsp3) is 0.0952. The van der Waals surface area contributed by atoms with Crippen LogP contribution >= 0.6 is 0 Å². The van der Waals surface area contributed by atoms with E-state index in [0.717, 1.165) is 16.4 Å². The smallest absolute Gasteiger partial charge is 0.265 e. The molecule has 0 aliphatic rings. The second kappa shape index (κ2) is 6.45. The minimum atomic E-state index is -3.87. The van der Waals surface area contributed by atoms with Crippen LogP contribution < -0.4 is 4.31 Å². The predicted octanol–water partition coefficient (Wildman–Crippen LogP) is 4.67. The molecule has 4 aromatic rings. The van der Waals surface area contributed by atoms with Gasteiger partial charge in [-0.25, -0.2) is 8.42 Å². The van der Waals surface area contributed by atoms with Crippen LogP contribution in [0.5, 0.6) is 0 Å². The van der Waals surface area contributed by atoms with Gasteiger partial charge in [-0.1, -0.05) is 30.3 Å². The van der Waals surface area contributed by atoms with Gasteiger partial charge in [0.15, 0.2) is 0 Å². The third-order valence-corrected chi connectivity index (χ3v) is 6.47. The normalized spacial score (nSPS) is 11.6. The summed E-state index contributed by atoms with van der Waals surface area (Å²) in [6, 6.07) is 21.2. The standard InChI is InChI=1S/C21H16N2O3S/c1-2-23(27(24,25)21-10-6-3-7-15(21)14-22)16-11-12-20-18(13-16)17-8-4-5-9-19(17)26-20/h3-13H,2H2,1H3. The van der Waals surface area contributed by atoms with Crippen LogP contribution in [-0.4, -0.2) is 15.0 Å². The van der Waals surface area contributed by atoms with Crippen LogP contribution in [0.3, 0.4) is 0 Å². The van der Waals surface area contributed by atoms with E-state index >= 15 is 0 Å². The average Bonchev–Trinajstić information content (AvgIpc) is 3.06. The minimum Gasteiger partial charge on any atom is -0.456 e. The topological polar surface area (TPSA) is 74.3 Å². The molecule has 1 heterocycles. The molecule has 0 amide bonds. The second-order valence-corrected chi connectivity index (χ2v) is 7.89. The maximum Gasteiger partial charge on any atom is 0.265 e. The lowest BCUT2D eigenvalue weighted by Crippen LogP contribution is -2.31. The first-order valence-electron chi connectivity index (χ1n) is 8.49. The number of nitriles is 1. The molecule has 0 N–H and O–H groups in total. The predicted molar refractivity (Wildman–Crippen MR) is 105 cm³/mol. The van der Waals surface area contributed by atoms with E-state index < -0.39 is 10.0 Å². The lowest BCUT2D eigenvalue weighted by atomic mass is 10.1. The first-order valence-corrected chi connectivity index (χ1v) is 9.93. The van der Waals surface area contributed by atoms with Crippen molar-refractivity contribution in [2.24, 2.45) is 0 Å². The summed E-state index contributed by atoms with van der Waals surface area (Å²) in [7, 11) is -3.87. The summed E-state index contributed by atoms with van der Waals surface area (Å²) >= 11 is 0. The maximum absolute atomic E-state index is 13.2. The Morgan fingerprint density at radius 3 is 2.44 bits per heavy atom. The van der Waals surface area contributed by atoms with Crippen molar-refractivity contribution in [1.82, 2.24) is 0 Å². The number of anilines is 1. The molecule has 0 aliphatic carbocycles. The number of hydrogen-bond acceptors (Lipinski definition) is 4. The van der Waals surface area contributed by atoms with Crippen LogP contribution in [0, 0.1) is 11.3 Å². The van der Waals surface area contributed by atoms with E-state index in [1.165, 1.54) is 16.4 Å². The highest BCUT2D eigenvalue weighted by Gasteiger charge is 2.26. The summed E-state index contributed by atoms with van der Waals surface area (Å²) in [4.78, 5) is 0.00602. The zero-order chi connectivity index (χ0) is 19.0. The van der Waals surface area contributed by atoms with Crippen molar-refractivity contribution < 1.29 is 12.8 Å². The highest BCUT2D eigenvalue weighted by Crippen LogP contribution is 2.33. The molecule has 0 atom stereocenters. The van der Waals surface area contributed by atoms with Gasteiger partial charge in [0.1, 0.15) is 22.1 Å². The number of nitrogens with zero attached hydrogens (tertiary/aromatic N) is 2. The molecule has 0 radical (unpaired) electrons. The van der Waals surface area contributed by atoms with Gasteiger partial charge in [-0.2, -0.15) is 5.26 Å². The molecule has 3 aromatic carbocycles. The van der Waals surface area contributed by atoms with Crippen molar-refractivity contribution >= 4 is 37.6 Å². The summed E-state index contributed by atoms with van der Waals surface area (Å²) in [6.07, 6.45) is 0. The van der Waals surface area contributed by atoms with Crippen LogP contribution in [0.4, 0.5) is 5.69 Å². The van der Waals surface area contributed by atoms with Gasteiger partial charge in [0.05, 0.1) is 11.3 Å². The molecule has 4 rings (SSSR count). The Morgan fingerprint density at radius 2 is 1.67 bits per heavy atom. The number of para-hydroxylation sites is 1. The Balaban J connectivity index is 1.90. The Hall–Kier alpha value is -3.30. The number of sulfonamides is 1. The molecule has 0 bridgehead atoms. The SMILES string of the molecule is CCN(c1ccc2oc3ccccc3c2c1)S(=O)(=O)c1ccccc1C#N. The lowest BCUT2D eigenvalue weighted by molar-refractivity contribution is 0.591. The van der Waals surface area contributed by atoms with Gasteiger partial charge in [-0.05, 0) is 43.3 Å². The van der Waals surface area contributed by atoms with E-state index in [2.05, 4.69) is 0 Å².